The average Bonchev–Trinajstić information content (AvgIpc) is 3.38. The first-order valence-corrected chi connectivity index (χ1v) is 26.1. The molecule has 0 aliphatic carbocycles. The van der Waals surface area contributed by atoms with Crippen LogP contribution >= 0.6 is 0 Å². The lowest BCUT2D eigenvalue weighted by Gasteiger charge is -2.24. The Morgan fingerprint density at radius 1 is 0.554 bits per heavy atom. The van der Waals surface area contributed by atoms with Crippen molar-refractivity contribution in [2.45, 2.75) is 90.7 Å². The number of hydrogen-bond acceptors (Lipinski definition) is 14. The topological polar surface area (TPSA) is 208 Å². The molecule has 0 aliphatic rings. The predicted octanol–water partition coefficient (Wildman–Crippen LogP) is 11.3. The molecule has 8 aromatic rings. The van der Waals surface area contributed by atoms with Crippen molar-refractivity contribution in [1.82, 2.24) is 43.2 Å². The Morgan fingerprint density at radius 3 is 1.29 bits per heavy atom. The number of fused-ring (bicyclic) bond motifs is 2. The standard InChI is InChI=1S/C32H38F3N5O5.C26H25F3N4O5/c1-7-38(8-2)13-14-45-30(42)31(3,4)40-20-23(18-37-40)21-10-12-39-24(19-36-28(39)17-21)22-15-26(43-5)29(27(16-22)44-6)25(41)9-11-32(33,34)35;1-25(2,24(35)36)33-14-17(12-31-33)15-6-8-32-18(13-30-22(32)11-15)16-9-20(37-3)23(21(10-16)38-4)19(34)5-7-26(27,28)29/h10,12,15-20H,7-9,11,13-14H2,1-6H3;6,8-14H,5,7H2,1-4H3,(H,35,36). The number of carbonyl (C=O) groups is 4. The van der Waals surface area contributed by atoms with Crippen LogP contribution < -0.4 is 18.9 Å². The number of methoxy groups -OCH3 is 4. The number of aromatic nitrogens is 8. The number of hydrogen-bond donors (Lipinski definition) is 1. The Hall–Kier alpha value is -8.74. The number of ketones is 2. The number of aliphatic carboxylic acids is 1. The number of carbonyl (C=O) groups excluding carboxylic acids is 3. The minimum Gasteiger partial charge on any atom is -0.496 e. The van der Waals surface area contributed by atoms with E-state index in [2.05, 4.69) is 38.9 Å². The number of Topliss-reactive ketones (excluding diaryl/α,β-unsaturated/α-hetero) is 2. The highest BCUT2D eigenvalue weighted by Crippen LogP contribution is 2.40. The highest BCUT2D eigenvalue weighted by atomic mass is 19.4. The first-order valence-electron chi connectivity index (χ1n) is 26.1. The number of imidazole rings is 2. The molecule has 0 spiro atoms. The molecule has 19 nitrogen and oxygen atoms in total. The molecule has 0 unspecified atom stereocenters. The molecule has 6 aromatic heterocycles. The molecule has 0 saturated heterocycles. The first-order chi connectivity index (χ1) is 39.2. The molecule has 6 heterocycles. The lowest BCUT2D eigenvalue weighted by molar-refractivity contribution is -0.153. The van der Waals surface area contributed by atoms with Gasteiger partial charge in [0.15, 0.2) is 22.6 Å². The van der Waals surface area contributed by atoms with Gasteiger partial charge in [-0.1, -0.05) is 13.8 Å². The van der Waals surface area contributed by atoms with Crippen molar-refractivity contribution in [3.05, 3.63) is 109 Å². The van der Waals surface area contributed by atoms with Crippen LogP contribution in [-0.2, 0) is 25.4 Å². The lowest BCUT2D eigenvalue weighted by atomic mass is 10.0. The lowest BCUT2D eigenvalue weighted by Crippen LogP contribution is -2.39. The first kappa shape index (κ1) is 61.9. The van der Waals surface area contributed by atoms with Gasteiger partial charge < -0.3 is 33.7 Å². The molecule has 25 heteroatoms. The molecule has 0 bridgehead atoms. The minimum atomic E-state index is -4.46. The Morgan fingerprint density at radius 2 is 0.940 bits per heavy atom. The van der Waals surface area contributed by atoms with E-state index in [1.54, 1.807) is 104 Å². The summed E-state index contributed by atoms with van der Waals surface area (Å²) in [6, 6.07) is 13.6. The molecule has 1 N–H and O–H groups in total. The maximum Gasteiger partial charge on any atom is 0.389 e. The van der Waals surface area contributed by atoms with Gasteiger partial charge in [-0.2, -0.15) is 36.5 Å². The molecule has 0 aliphatic heterocycles. The van der Waals surface area contributed by atoms with E-state index < -0.39 is 66.6 Å². The van der Waals surface area contributed by atoms with Crippen LogP contribution in [0.2, 0.25) is 0 Å². The van der Waals surface area contributed by atoms with Gasteiger partial charge in [0.25, 0.3) is 0 Å². The molecule has 2 aromatic carbocycles. The summed E-state index contributed by atoms with van der Waals surface area (Å²) < 4.78 is 110. The molecule has 0 saturated carbocycles. The van der Waals surface area contributed by atoms with Crippen LogP contribution in [0.25, 0.3) is 56.1 Å². The number of carboxylic acid groups (broad SMARTS) is 1. The summed E-state index contributed by atoms with van der Waals surface area (Å²) in [5.41, 5.74) is 4.33. The third-order valence-electron chi connectivity index (χ3n) is 14.0. The quantitative estimate of drug-likeness (QED) is 0.0359. The van der Waals surface area contributed by atoms with Crippen molar-refractivity contribution in [2.24, 2.45) is 0 Å². The number of nitrogens with zero attached hydrogens (tertiary/aromatic N) is 9. The van der Waals surface area contributed by atoms with E-state index in [0.717, 1.165) is 29.8 Å². The molecule has 0 atom stereocenters. The summed E-state index contributed by atoms with van der Waals surface area (Å²) in [6.45, 7) is 13.5. The fourth-order valence-corrected chi connectivity index (χ4v) is 8.91. The van der Waals surface area contributed by atoms with Crippen molar-refractivity contribution in [2.75, 3.05) is 54.7 Å². The van der Waals surface area contributed by atoms with Crippen molar-refractivity contribution in [1.29, 1.82) is 0 Å². The molecule has 8 rings (SSSR count). The Balaban J connectivity index is 0.000000242. The second-order valence-corrected chi connectivity index (χ2v) is 20.1. The second kappa shape index (κ2) is 25.2. The summed E-state index contributed by atoms with van der Waals surface area (Å²) in [5.74, 6) is -2.48. The number of likely N-dealkylation sites (N-methyl/N-ethyl adjacent to an activating group) is 1. The smallest absolute Gasteiger partial charge is 0.389 e. The van der Waals surface area contributed by atoms with Crippen LogP contribution in [0.3, 0.4) is 0 Å². The van der Waals surface area contributed by atoms with Gasteiger partial charge in [-0.05, 0) is 100 Å². The molecule has 83 heavy (non-hydrogen) atoms. The van der Waals surface area contributed by atoms with Crippen LogP contribution in [0.5, 0.6) is 23.0 Å². The van der Waals surface area contributed by atoms with Gasteiger partial charge in [0.05, 0.1) is 77.5 Å². The Kier molecular flexibility index (Phi) is 18.8. The third-order valence-corrected chi connectivity index (χ3v) is 14.0. The van der Waals surface area contributed by atoms with Crippen LogP contribution in [0, 0.1) is 0 Å². The van der Waals surface area contributed by atoms with Gasteiger partial charge in [-0.25, -0.2) is 19.6 Å². The van der Waals surface area contributed by atoms with E-state index in [-0.39, 0.29) is 40.1 Å². The van der Waals surface area contributed by atoms with Crippen molar-refractivity contribution >= 4 is 34.8 Å². The number of esters is 1. The van der Waals surface area contributed by atoms with Crippen LogP contribution in [0.1, 0.15) is 87.9 Å². The number of ether oxygens (including phenoxy) is 5. The van der Waals surface area contributed by atoms with Gasteiger partial charge >= 0.3 is 24.3 Å². The van der Waals surface area contributed by atoms with Crippen LogP contribution in [0.15, 0.2) is 98.1 Å². The Labute approximate surface area is 473 Å². The molecular weight excluding hydrogens is 1100 g/mol. The SMILES string of the molecule is CCN(CC)CCOC(=O)C(C)(C)n1cc(-c2ccn3c(-c4cc(OC)c(C(=O)CCC(F)(F)F)c(OC)c4)cnc3c2)cn1.COc1cc(-c2cnc3cc(-c4cnn(C(C)(C)C(=O)O)c4)ccn23)cc(OC)c1C(=O)CCC(F)(F)F. The molecule has 0 amide bonds. The highest BCUT2D eigenvalue weighted by Gasteiger charge is 2.35. The zero-order valence-corrected chi connectivity index (χ0v) is 47.3. The fraction of sp³-hybridized carbons (Fsp3) is 0.379. The summed E-state index contributed by atoms with van der Waals surface area (Å²) >= 11 is 0. The van der Waals surface area contributed by atoms with Crippen molar-refractivity contribution in [3.63, 3.8) is 0 Å². The number of halogens is 6. The van der Waals surface area contributed by atoms with Gasteiger partial charge in [-0.15, -0.1) is 0 Å². The minimum absolute atomic E-state index is 0.0446. The highest BCUT2D eigenvalue weighted by molar-refractivity contribution is 6.03. The largest absolute Gasteiger partial charge is 0.496 e. The molecular formula is C58H63F6N9O10. The molecule has 0 fully saturated rings. The summed E-state index contributed by atoms with van der Waals surface area (Å²) in [6.07, 6.45) is 0.646. The summed E-state index contributed by atoms with van der Waals surface area (Å²) in [7, 11) is 5.33. The van der Waals surface area contributed by atoms with E-state index >= 15 is 0 Å². The number of carboxylic acids is 1. The van der Waals surface area contributed by atoms with Gasteiger partial charge in [-0.3, -0.25) is 27.8 Å². The van der Waals surface area contributed by atoms with E-state index in [1.165, 1.54) is 33.1 Å². The van der Waals surface area contributed by atoms with Crippen molar-refractivity contribution < 1.29 is 74.3 Å². The van der Waals surface area contributed by atoms with Gasteiger partial charge in [0, 0.05) is 66.4 Å². The summed E-state index contributed by atoms with van der Waals surface area (Å²) in [4.78, 5) is 61.0. The van der Waals surface area contributed by atoms with Gasteiger partial charge in [0.2, 0.25) is 0 Å². The maximum absolute atomic E-state index is 12.9. The average molecular weight is 1160 g/mol. The maximum atomic E-state index is 12.9. The molecule has 442 valence electrons. The zero-order chi connectivity index (χ0) is 60.8. The normalized spacial score (nSPS) is 12.1. The summed E-state index contributed by atoms with van der Waals surface area (Å²) in [5, 5.41) is 18.1. The second-order valence-electron chi connectivity index (χ2n) is 20.1. The van der Waals surface area contributed by atoms with E-state index in [0.29, 0.717) is 52.5 Å². The van der Waals surface area contributed by atoms with E-state index in [9.17, 15) is 50.6 Å². The van der Waals surface area contributed by atoms with Crippen LogP contribution in [0.4, 0.5) is 26.3 Å². The zero-order valence-electron chi connectivity index (χ0n) is 47.3. The van der Waals surface area contributed by atoms with Crippen molar-refractivity contribution in [3.8, 4) is 67.8 Å². The number of alkyl halides is 6. The fourth-order valence-electron chi connectivity index (χ4n) is 8.91. The number of benzene rings is 2. The Bertz CT molecular complexity index is 3600. The number of pyridine rings is 2. The van der Waals surface area contributed by atoms with Crippen LogP contribution in [-0.4, -0.2) is 139 Å². The van der Waals surface area contributed by atoms with E-state index in [4.69, 9.17) is 23.7 Å². The number of rotatable bonds is 23. The molecule has 0 radical (unpaired) electrons. The van der Waals surface area contributed by atoms with Gasteiger partial charge in [0.1, 0.15) is 52.0 Å². The third kappa shape index (κ3) is 14.0. The monoisotopic (exact) mass is 1160 g/mol. The van der Waals surface area contributed by atoms with E-state index in [1.807, 2.05) is 34.9 Å². The predicted molar refractivity (Wildman–Crippen MR) is 294 cm³/mol.